The molecular formula is C17H21N5O2. The molecule has 0 aromatic carbocycles. The topological polar surface area (TPSA) is 75.4 Å². The molecule has 2 fully saturated rings. The summed E-state index contributed by atoms with van der Waals surface area (Å²) >= 11 is 0. The van der Waals surface area contributed by atoms with Crippen LogP contribution in [0.2, 0.25) is 0 Å². The van der Waals surface area contributed by atoms with Crippen molar-refractivity contribution in [1.82, 2.24) is 20.1 Å². The third-order valence-electron chi connectivity index (χ3n) is 5.46. The van der Waals surface area contributed by atoms with E-state index in [0.717, 1.165) is 31.7 Å². The Balaban J connectivity index is 1.49. The fourth-order valence-electron chi connectivity index (χ4n) is 4.19. The molecule has 7 nitrogen and oxygen atoms in total. The van der Waals surface area contributed by atoms with E-state index in [0.29, 0.717) is 29.3 Å². The number of aromatic nitrogens is 3. The van der Waals surface area contributed by atoms with Gasteiger partial charge in [0.1, 0.15) is 0 Å². The number of aryl methyl sites for hydroxylation is 1. The quantitative estimate of drug-likeness (QED) is 0.855. The Morgan fingerprint density at radius 3 is 2.96 bits per heavy atom. The number of anilines is 1. The van der Waals surface area contributed by atoms with Crippen molar-refractivity contribution in [2.45, 2.75) is 25.8 Å². The van der Waals surface area contributed by atoms with Gasteiger partial charge in [-0.2, -0.15) is 5.10 Å². The predicted molar refractivity (Wildman–Crippen MR) is 87.6 cm³/mol. The molecule has 0 unspecified atom stereocenters. The molecule has 0 radical (unpaired) electrons. The van der Waals surface area contributed by atoms with E-state index in [2.05, 4.69) is 27.1 Å². The highest BCUT2D eigenvalue weighted by atomic mass is 16.3. The van der Waals surface area contributed by atoms with Crippen LogP contribution in [0.15, 0.2) is 29.1 Å². The normalized spacial score (nSPS) is 25.8. The number of amides is 1. The molecule has 1 amide bonds. The Kier molecular flexibility index (Phi) is 3.70. The highest BCUT2D eigenvalue weighted by Crippen LogP contribution is 2.41. The van der Waals surface area contributed by atoms with Crippen molar-refractivity contribution in [3.05, 3.63) is 36.2 Å². The number of rotatable bonds is 3. The van der Waals surface area contributed by atoms with Crippen molar-refractivity contribution in [2.75, 3.05) is 25.0 Å². The van der Waals surface area contributed by atoms with Gasteiger partial charge in [-0.15, -0.1) is 5.10 Å². The second kappa shape index (κ2) is 5.89. The molecule has 3 heterocycles. The average molecular weight is 327 g/mol. The molecule has 3 atom stereocenters. The van der Waals surface area contributed by atoms with E-state index in [1.807, 2.05) is 17.0 Å². The van der Waals surface area contributed by atoms with Crippen LogP contribution >= 0.6 is 0 Å². The molecule has 0 spiro atoms. The van der Waals surface area contributed by atoms with Crippen molar-refractivity contribution in [2.24, 2.45) is 11.8 Å². The number of hydrogen-bond donors (Lipinski definition) is 0. The van der Waals surface area contributed by atoms with Crippen molar-refractivity contribution in [1.29, 1.82) is 0 Å². The van der Waals surface area contributed by atoms with Crippen LogP contribution in [-0.2, 0) is 0 Å². The van der Waals surface area contributed by atoms with Crippen molar-refractivity contribution in [3.8, 4) is 0 Å². The van der Waals surface area contributed by atoms with Gasteiger partial charge < -0.3 is 14.2 Å². The van der Waals surface area contributed by atoms with Crippen LogP contribution in [0.3, 0.4) is 0 Å². The zero-order valence-electron chi connectivity index (χ0n) is 13.9. The van der Waals surface area contributed by atoms with E-state index in [4.69, 9.17) is 4.42 Å². The molecule has 1 aliphatic carbocycles. The van der Waals surface area contributed by atoms with Gasteiger partial charge in [0.2, 0.25) is 5.76 Å². The summed E-state index contributed by atoms with van der Waals surface area (Å²) in [6.45, 7) is 3.37. The van der Waals surface area contributed by atoms with Gasteiger partial charge in [-0.25, -0.2) is 4.98 Å². The lowest BCUT2D eigenvalue weighted by molar-refractivity contribution is 0.0746. The van der Waals surface area contributed by atoms with Gasteiger partial charge in [0.25, 0.3) is 5.91 Å². The number of nitrogens with zero attached hydrogens (tertiary/aromatic N) is 5. The average Bonchev–Trinajstić information content (AvgIpc) is 3.29. The van der Waals surface area contributed by atoms with Crippen LogP contribution in [0.25, 0.3) is 0 Å². The standard InChI is InChI=1S/C17H21N5O2/c1-11-16(24-10-18-11)17(23)22-8-12-5-6-14(13(12)9-22)21(2)15-4-3-7-19-20-15/h3-4,7,10,12-14H,5-6,8-9H2,1-2H3/t12-,13+,14-/m1/s1. The number of carbonyl (C=O) groups is 1. The van der Waals surface area contributed by atoms with E-state index in [1.54, 1.807) is 13.1 Å². The van der Waals surface area contributed by atoms with Crippen LogP contribution in [0.1, 0.15) is 29.1 Å². The Bertz CT molecular complexity index is 732. The van der Waals surface area contributed by atoms with Crippen LogP contribution in [0.4, 0.5) is 5.82 Å². The third-order valence-corrected chi connectivity index (χ3v) is 5.46. The zero-order valence-corrected chi connectivity index (χ0v) is 13.9. The molecule has 2 aliphatic rings. The summed E-state index contributed by atoms with van der Waals surface area (Å²) < 4.78 is 5.27. The molecule has 2 aromatic heterocycles. The molecule has 0 N–H and O–H groups in total. The van der Waals surface area contributed by atoms with E-state index < -0.39 is 0 Å². The fourth-order valence-corrected chi connectivity index (χ4v) is 4.19. The van der Waals surface area contributed by atoms with Crippen LogP contribution in [0.5, 0.6) is 0 Å². The number of fused-ring (bicyclic) bond motifs is 1. The van der Waals surface area contributed by atoms with E-state index in [9.17, 15) is 4.79 Å². The molecule has 1 aliphatic heterocycles. The summed E-state index contributed by atoms with van der Waals surface area (Å²) in [5.74, 6) is 2.22. The first-order valence-electron chi connectivity index (χ1n) is 8.35. The van der Waals surface area contributed by atoms with Gasteiger partial charge in [-0.3, -0.25) is 4.79 Å². The predicted octanol–water partition coefficient (Wildman–Crippen LogP) is 1.76. The fraction of sp³-hybridized carbons (Fsp3) is 0.529. The molecule has 4 rings (SSSR count). The van der Waals surface area contributed by atoms with E-state index in [1.165, 1.54) is 6.39 Å². The second-order valence-corrected chi connectivity index (χ2v) is 6.74. The summed E-state index contributed by atoms with van der Waals surface area (Å²) in [6.07, 6.45) is 5.29. The van der Waals surface area contributed by atoms with Gasteiger partial charge in [0, 0.05) is 38.3 Å². The van der Waals surface area contributed by atoms with Gasteiger partial charge in [0.15, 0.2) is 12.2 Å². The molecular weight excluding hydrogens is 306 g/mol. The molecule has 24 heavy (non-hydrogen) atoms. The number of hydrogen-bond acceptors (Lipinski definition) is 6. The SMILES string of the molecule is Cc1ncoc1C(=O)N1C[C@H]2CC[C@@H](N(C)c3cccnn3)[C@H]2C1. The molecule has 1 saturated carbocycles. The maximum Gasteiger partial charge on any atom is 0.291 e. The Morgan fingerprint density at radius 1 is 1.38 bits per heavy atom. The molecule has 0 bridgehead atoms. The monoisotopic (exact) mass is 327 g/mol. The molecule has 2 aromatic rings. The third kappa shape index (κ3) is 2.44. The first kappa shape index (κ1) is 15.1. The van der Waals surface area contributed by atoms with E-state index >= 15 is 0 Å². The van der Waals surface area contributed by atoms with Gasteiger partial charge in [-0.05, 0) is 37.8 Å². The number of oxazole rings is 1. The summed E-state index contributed by atoms with van der Waals surface area (Å²) in [7, 11) is 2.07. The summed E-state index contributed by atoms with van der Waals surface area (Å²) in [4.78, 5) is 20.8. The van der Waals surface area contributed by atoms with E-state index in [-0.39, 0.29) is 5.91 Å². The minimum atomic E-state index is -0.0414. The lowest BCUT2D eigenvalue weighted by Gasteiger charge is -2.30. The summed E-state index contributed by atoms with van der Waals surface area (Å²) in [5.41, 5.74) is 0.658. The van der Waals surface area contributed by atoms with Crippen LogP contribution < -0.4 is 4.90 Å². The Morgan fingerprint density at radius 2 is 2.25 bits per heavy atom. The van der Waals surface area contributed by atoms with Crippen molar-refractivity contribution in [3.63, 3.8) is 0 Å². The molecule has 1 saturated heterocycles. The van der Waals surface area contributed by atoms with Gasteiger partial charge >= 0.3 is 0 Å². The highest BCUT2D eigenvalue weighted by molar-refractivity contribution is 5.92. The summed E-state index contributed by atoms with van der Waals surface area (Å²) in [6, 6.07) is 4.28. The van der Waals surface area contributed by atoms with Crippen LogP contribution in [-0.4, -0.2) is 52.2 Å². The molecule has 126 valence electrons. The zero-order chi connectivity index (χ0) is 16.7. The largest absolute Gasteiger partial charge is 0.438 e. The smallest absolute Gasteiger partial charge is 0.291 e. The maximum atomic E-state index is 12.7. The number of carbonyl (C=O) groups excluding carboxylic acids is 1. The summed E-state index contributed by atoms with van der Waals surface area (Å²) in [5, 5.41) is 8.19. The maximum absolute atomic E-state index is 12.7. The second-order valence-electron chi connectivity index (χ2n) is 6.74. The van der Waals surface area contributed by atoms with Crippen molar-refractivity contribution >= 4 is 11.7 Å². The molecule has 7 heteroatoms. The van der Waals surface area contributed by atoms with Crippen LogP contribution in [0, 0.1) is 18.8 Å². The van der Waals surface area contributed by atoms with Gasteiger partial charge in [0.05, 0.1) is 5.69 Å². The Hall–Kier alpha value is -2.44. The van der Waals surface area contributed by atoms with Crippen molar-refractivity contribution < 1.29 is 9.21 Å². The lowest BCUT2D eigenvalue weighted by atomic mass is 9.97. The first-order chi connectivity index (χ1) is 11.6. The first-order valence-corrected chi connectivity index (χ1v) is 8.35. The minimum absolute atomic E-state index is 0.0414. The Labute approximate surface area is 140 Å². The van der Waals surface area contributed by atoms with Gasteiger partial charge in [-0.1, -0.05) is 0 Å². The highest BCUT2D eigenvalue weighted by Gasteiger charge is 2.46. The minimum Gasteiger partial charge on any atom is -0.438 e. The number of likely N-dealkylation sites (tertiary alicyclic amines) is 1. The lowest BCUT2D eigenvalue weighted by Crippen LogP contribution is -2.39.